The van der Waals surface area contributed by atoms with Gasteiger partial charge in [-0.1, -0.05) is 65.1 Å². The molecule has 19 heavy (non-hydrogen) atoms. The van der Waals surface area contributed by atoms with Crippen molar-refractivity contribution in [1.82, 2.24) is 4.98 Å². The van der Waals surface area contributed by atoms with E-state index in [0.717, 1.165) is 16.6 Å². The second kappa shape index (κ2) is 5.01. The fourth-order valence-electron chi connectivity index (χ4n) is 1.95. The summed E-state index contributed by atoms with van der Waals surface area (Å²) in [5.41, 5.74) is 2.39. The van der Waals surface area contributed by atoms with E-state index in [2.05, 4.69) is 4.98 Å². The molecular formula is C15H8Cl3N. The Kier molecular flexibility index (Phi) is 3.36. The Morgan fingerprint density at radius 3 is 2.26 bits per heavy atom. The van der Waals surface area contributed by atoms with E-state index in [1.807, 2.05) is 42.5 Å². The molecule has 0 fully saturated rings. The molecule has 0 bridgehead atoms. The molecule has 2 aromatic carbocycles. The quantitative estimate of drug-likeness (QED) is 0.548. The molecular weight excluding hydrogens is 301 g/mol. The van der Waals surface area contributed by atoms with Crippen molar-refractivity contribution in [2.24, 2.45) is 0 Å². The van der Waals surface area contributed by atoms with Crippen LogP contribution in [0.25, 0.3) is 22.2 Å². The maximum absolute atomic E-state index is 6.29. The molecule has 0 unspecified atom stereocenters. The third-order valence-electron chi connectivity index (χ3n) is 2.89. The number of aromatic nitrogens is 1. The first kappa shape index (κ1) is 12.7. The van der Waals surface area contributed by atoms with Crippen LogP contribution in [0.5, 0.6) is 0 Å². The number of nitrogens with zero attached hydrogens (tertiary/aromatic N) is 1. The summed E-state index contributed by atoms with van der Waals surface area (Å²) < 4.78 is 0. The van der Waals surface area contributed by atoms with Crippen molar-refractivity contribution in [3.05, 3.63) is 63.6 Å². The van der Waals surface area contributed by atoms with Crippen molar-refractivity contribution in [2.75, 3.05) is 0 Å². The minimum atomic E-state index is 0.429. The number of rotatable bonds is 1. The van der Waals surface area contributed by atoms with E-state index >= 15 is 0 Å². The molecule has 0 saturated heterocycles. The summed E-state index contributed by atoms with van der Waals surface area (Å²) in [6.45, 7) is 0. The lowest BCUT2D eigenvalue weighted by Gasteiger charge is -2.07. The van der Waals surface area contributed by atoms with Gasteiger partial charge in [0.25, 0.3) is 0 Å². The van der Waals surface area contributed by atoms with E-state index in [-0.39, 0.29) is 0 Å². The van der Waals surface area contributed by atoms with Crippen LogP contribution < -0.4 is 0 Å². The van der Waals surface area contributed by atoms with Crippen molar-refractivity contribution in [3.8, 4) is 11.3 Å². The fourth-order valence-corrected chi connectivity index (χ4v) is 2.56. The molecule has 0 aliphatic rings. The van der Waals surface area contributed by atoms with Crippen LogP contribution in [0, 0.1) is 0 Å². The van der Waals surface area contributed by atoms with Gasteiger partial charge in [0, 0.05) is 10.9 Å². The summed E-state index contributed by atoms with van der Waals surface area (Å²) in [6.07, 6.45) is 0. The largest absolute Gasteiger partial charge is 0.246 e. The number of hydrogen-bond acceptors (Lipinski definition) is 1. The standard InChI is InChI=1S/C15H8Cl3N/c16-11-7-6-10-12(17)8-13(19-15(10)14(11)18)9-4-2-1-3-5-9/h1-8H. The van der Waals surface area contributed by atoms with E-state index in [4.69, 9.17) is 34.8 Å². The average molecular weight is 309 g/mol. The maximum atomic E-state index is 6.29. The lowest BCUT2D eigenvalue weighted by Crippen LogP contribution is -1.88. The Morgan fingerprint density at radius 1 is 0.789 bits per heavy atom. The zero-order chi connectivity index (χ0) is 13.4. The number of halogens is 3. The van der Waals surface area contributed by atoms with E-state index in [1.54, 1.807) is 6.07 Å². The SMILES string of the molecule is Clc1ccc2c(Cl)cc(-c3ccccc3)nc2c1Cl. The summed E-state index contributed by atoms with van der Waals surface area (Å²) in [4.78, 5) is 4.57. The normalized spacial score (nSPS) is 10.9. The molecule has 3 rings (SSSR count). The van der Waals surface area contributed by atoms with Crippen molar-refractivity contribution in [3.63, 3.8) is 0 Å². The minimum absolute atomic E-state index is 0.429. The Balaban J connectivity index is 2.32. The van der Waals surface area contributed by atoms with E-state index in [9.17, 15) is 0 Å². The molecule has 0 radical (unpaired) electrons. The van der Waals surface area contributed by atoms with Crippen LogP contribution in [0.15, 0.2) is 48.5 Å². The Morgan fingerprint density at radius 2 is 1.53 bits per heavy atom. The first-order chi connectivity index (χ1) is 9.16. The second-order valence-corrected chi connectivity index (χ2v) is 5.31. The predicted molar refractivity (Wildman–Crippen MR) is 82.2 cm³/mol. The molecule has 3 aromatic rings. The molecule has 0 spiro atoms. The summed E-state index contributed by atoms with van der Waals surface area (Å²) in [5.74, 6) is 0. The number of fused-ring (bicyclic) bond motifs is 1. The number of hydrogen-bond donors (Lipinski definition) is 0. The fraction of sp³-hybridized carbons (Fsp3) is 0. The highest BCUT2D eigenvalue weighted by atomic mass is 35.5. The summed E-state index contributed by atoms with van der Waals surface area (Å²) in [5, 5.41) is 2.32. The van der Waals surface area contributed by atoms with Crippen LogP contribution in [0.4, 0.5) is 0 Å². The van der Waals surface area contributed by atoms with Gasteiger partial charge >= 0.3 is 0 Å². The zero-order valence-electron chi connectivity index (χ0n) is 9.70. The highest BCUT2D eigenvalue weighted by Gasteiger charge is 2.11. The van der Waals surface area contributed by atoms with Crippen LogP contribution in [0.1, 0.15) is 0 Å². The van der Waals surface area contributed by atoms with E-state index < -0.39 is 0 Å². The topological polar surface area (TPSA) is 12.9 Å². The molecule has 0 saturated carbocycles. The Hall–Kier alpha value is -1.28. The third-order valence-corrected chi connectivity index (χ3v) is 4.00. The number of benzene rings is 2. The van der Waals surface area contributed by atoms with Gasteiger partial charge in [-0.25, -0.2) is 4.98 Å². The van der Waals surface area contributed by atoms with Crippen molar-refractivity contribution in [1.29, 1.82) is 0 Å². The molecule has 0 atom stereocenters. The Labute approximate surface area is 125 Å². The van der Waals surface area contributed by atoms with Gasteiger partial charge < -0.3 is 0 Å². The van der Waals surface area contributed by atoms with Gasteiger partial charge in [0.05, 0.1) is 26.3 Å². The lowest BCUT2D eigenvalue weighted by molar-refractivity contribution is 1.40. The molecule has 0 aliphatic heterocycles. The Bertz CT molecular complexity index is 754. The minimum Gasteiger partial charge on any atom is -0.246 e. The van der Waals surface area contributed by atoms with Crippen molar-refractivity contribution in [2.45, 2.75) is 0 Å². The molecule has 0 aliphatic carbocycles. The molecule has 1 heterocycles. The van der Waals surface area contributed by atoms with Crippen LogP contribution in [0.2, 0.25) is 15.1 Å². The van der Waals surface area contributed by atoms with Gasteiger partial charge in [-0.05, 0) is 18.2 Å². The lowest BCUT2D eigenvalue weighted by atomic mass is 10.1. The molecule has 1 nitrogen and oxygen atoms in total. The highest BCUT2D eigenvalue weighted by Crippen LogP contribution is 2.35. The zero-order valence-corrected chi connectivity index (χ0v) is 12.0. The highest BCUT2D eigenvalue weighted by molar-refractivity contribution is 6.46. The summed E-state index contributed by atoms with van der Waals surface area (Å²) >= 11 is 18.5. The van der Waals surface area contributed by atoms with E-state index in [0.29, 0.717) is 20.6 Å². The summed E-state index contributed by atoms with van der Waals surface area (Å²) in [7, 11) is 0. The molecule has 0 amide bonds. The first-order valence-corrected chi connectivity index (χ1v) is 6.80. The predicted octanol–water partition coefficient (Wildman–Crippen LogP) is 5.86. The van der Waals surface area contributed by atoms with Gasteiger partial charge in [-0.2, -0.15) is 0 Å². The van der Waals surface area contributed by atoms with Crippen LogP contribution in [-0.2, 0) is 0 Å². The van der Waals surface area contributed by atoms with Gasteiger partial charge in [0.15, 0.2) is 0 Å². The van der Waals surface area contributed by atoms with Crippen molar-refractivity contribution < 1.29 is 0 Å². The average Bonchev–Trinajstić information content (AvgIpc) is 2.44. The molecule has 0 N–H and O–H groups in total. The first-order valence-electron chi connectivity index (χ1n) is 5.66. The van der Waals surface area contributed by atoms with Gasteiger partial charge in [-0.15, -0.1) is 0 Å². The van der Waals surface area contributed by atoms with Gasteiger partial charge in [0.1, 0.15) is 0 Å². The molecule has 4 heteroatoms. The maximum Gasteiger partial charge on any atom is 0.0925 e. The molecule has 1 aromatic heterocycles. The van der Waals surface area contributed by atoms with Gasteiger partial charge in [0.2, 0.25) is 0 Å². The second-order valence-electron chi connectivity index (χ2n) is 4.11. The van der Waals surface area contributed by atoms with Crippen LogP contribution >= 0.6 is 34.8 Å². The van der Waals surface area contributed by atoms with Gasteiger partial charge in [-0.3, -0.25) is 0 Å². The monoisotopic (exact) mass is 307 g/mol. The van der Waals surface area contributed by atoms with E-state index in [1.165, 1.54) is 0 Å². The molecule has 94 valence electrons. The summed E-state index contributed by atoms with van der Waals surface area (Å²) in [6, 6.07) is 15.2. The van der Waals surface area contributed by atoms with Crippen LogP contribution in [-0.4, -0.2) is 4.98 Å². The van der Waals surface area contributed by atoms with Crippen molar-refractivity contribution >= 4 is 45.7 Å². The third kappa shape index (κ3) is 2.30. The number of pyridine rings is 1. The van der Waals surface area contributed by atoms with Crippen LogP contribution in [0.3, 0.4) is 0 Å². The smallest absolute Gasteiger partial charge is 0.0925 e.